The molecule has 0 spiro atoms. The third-order valence-electron chi connectivity index (χ3n) is 17.1. The Labute approximate surface area is 489 Å². The summed E-state index contributed by atoms with van der Waals surface area (Å²) in [4.78, 5) is 24.6. The second-order valence-electron chi connectivity index (χ2n) is 24.9. The van der Waals surface area contributed by atoms with Gasteiger partial charge >= 0.3 is 5.97 Å². The lowest BCUT2D eigenvalue weighted by molar-refractivity contribution is -0.143. The lowest BCUT2D eigenvalue weighted by atomic mass is 10.0. The number of unbranched alkanes of at least 4 members (excludes halogenated alkanes) is 55. The van der Waals surface area contributed by atoms with Crippen molar-refractivity contribution >= 4 is 11.9 Å². The highest BCUT2D eigenvalue weighted by Crippen LogP contribution is 2.19. The number of hydrogen-bond acceptors (Lipinski definition) is 5. The van der Waals surface area contributed by atoms with Gasteiger partial charge in [-0.15, -0.1) is 0 Å². The Morgan fingerprint density at radius 1 is 0.346 bits per heavy atom. The molecule has 3 N–H and O–H groups in total. The molecular formula is C72H141NO5. The molecule has 464 valence electrons. The Kier molecular flexibility index (Phi) is 66.9. The maximum Gasteiger partial charge on any atom is 0.305 e. The van der Waals surface area contributed by atoms with Crippen LogP contribution in [0.2, 0.25) is 0 Å². The number of carbonyl (C=O) groups is 2. The molecule has 2 unspecified atom stereocenters. The molecule has 0 aromatic carbocycles. The first-order chi connectivity index (χ1) is 38.5. The molecular weight excluding hydrogens is 959 g/mol. The Morgan fingerprint density at radius 3 is 0.910 bits per heavy atom. The van der Waals surface area contributed by atoms with Crippen molar-refractivity contribution in [2.24, 2.45) is 0 Å². The van der Waals surface area contributed by atoms with Crippen LogP contribution in [0, 0.1) is 0 Å². The number of esters is 1. The third kappa shape index (κ3) is 63.8. The third-order valence-corrected chi connectivity index (χ3v) is 17.1. The van der Waals surface area contributed by atoms with Crippen LogP contribution in [0.25, 0.3) is 0 Å². The molecule has 6 nitrogen and oxygen atoms in total. The summed E-state index contributed by atoms with van der Waals surface area (Å²) in [6.07, 6.45) is 84.1. The first-order valence-electron chi connectivity index (χ1n) is 35.9. The van der Waals surface area contributed by atoms with Gasteiger partial charge in [-0.05, 0) is 51.4 Å². The highest BCUT2D eigenvalue weighted by atomic mass is 16.5. The van der Waals surface area contributed by atoms with E-state index >= 15 is 0 Å². The molecule has 0 radical (unpaired) electrons. The Balaban J connectivity index is 3.32. The molecule has 78 heavy (non-hydrogen) atoms. The van der Waals surface area contributed by atoms with Gasteiger partial charge in [0.15, 0.2) is 0 Å². The normalized spacial score (nSPS) is 12.5. The molecule has 0 heterocycles. The summed E-state index contributed by atoms with van der Waals surface area (Å²) < 4.78 is 5.50. The summed E-state index contributed by atoms with van der Waals surface area (Å²) in [7, 11) is 0. The van der Waals surface area contributed by atoms with Crippen molar-refractivity contribution in [1.29, 1.82) is 0 Å². The van der Waals surface area contributed by atoms with Gasteiger partial charge in [-0.25, -0.2) is 0 Å². The van der Waals surface area contributed by atoms with Crippen LogP contribution in [-0.4, -0.2) is 47.4 Å². The first-order valence-corrected chi connectivity index (χ1v) is 35.9. The Morgan fingerprint density at radius 2 is 0.603 bits per heavy atom. The van der Waals surface area contributed by atoms with Crippen LogP contribution in [0.1, 0.15) is 412 Å². The van der Waals surface area contributed by atoms with Crippen LogP contribution in [0.3, 0.4) is 0 Å². The zero-order chi connectivity index (χ0) is 56.4. The van der Waals surface area contributed by atoms with Crippen molar-refractivity contribution in [2.75, 3.05) is 13.2 Å². The van der Waals surface area contributed by atoms with Crippen LogP contribution < -0.4 is 5.32 Å². The summed E-state index contributed by atoms with van der Waals surface area (Å²) in [5, 5.41) is 23.4. The molecule has 0 aromatic rings. The lowest BCUT2D eigenvalue weighted by Gasteiger charge is -2.22. The first kappa shape index (κ1) is 76.6. The SMILES string of the molecule is CCCCCCCCC/C=C\CCCCCCCC(=O)OCCCCCCCCCCCCCCCCCCCCCCCCCCCCCCCC(=O)NC(CO)C(O)CCCCCCCCCCCCCCCCCC. The average Bonchev–Trinajstić information content (AvgIpc) is 3.44. The average molecular weight is 1100 g/mol. The Bertz CT molecular complexity index is 1180. The summed E-state index contributed by atoms with van der Waals surface area (Å²) in [6.45, 7) is 4.99. The van der Waals surface area contributed by atoms with Gasteiger partial charge in [0.1, 0.15) is 0 Å². The smallest absolute Gasteiger partial charge is 0.305 e. The largest absolute Gasteiger partial charge is 0.466 e. The van der Waals surface area contributed by atoms with Crippen molar-refractivity contribution in [3.63, 3.8) is 0 Å². The van der Waals surface area contributed by atoms with Crippen LogP contribution in [0.5, 0.6) is 0 Å². The second kappa shape index (κ2) is 68.1. The van der Waals surface area contributed by atoms with E-state index in [0.717, 1.165) is 44.9 Å². The Hall–Kier alpha value is -1.40. The predicted octanol–water partition coefficient (Wildman–Crippen LogP) is 23.1. The zero-order valence-electron chi connectivity index (χ0n) is 53.2. The molecule has 0 aliphatic heterocycles. The van der Waals surface area contributed by atoms with E-state index in [2.05, 4.69) is 31.3 Å². The van der Waals surface area contributed by atoms with E-state index < -0.39 is 12.1 Å². The highest BCUT2D eigenvalue weighted by molar-refractivity contribution is 5.76. The number of rotatable bonds is 68. The zero-order valence-corrected chi connectivity index (χ0v) is 53.2. The van der Waals surface area contributed by atoms with E-state index in [0.29, 0.717) is 25.9 Å². The topological polar surface area (TPSA) is 95.9 Å². The van der Waals surface area contributed by atoms with Crippen molar-refractivity contribution in [2.45, 2.75) is 424 Å². The monoisotopic (exact) mass is 1100 g/mol. The van der Waals surface area contributed by atoms with E-state index in [9.17, 15) is 19.8 Å². The number of amides is 1. The second-order valence-corrected chi connectivity index (χ2v) is 24.9. The highest BCUT2D eigenvalue weighted by Gasteiger charge is 2.20. The quantitative estimate of drug-likeness (QED) is 0.0320. The van der Waals surface area contributed by atoms with E-state index in [4.69, 9.17) is 4.74 Å². The fourth-order valence-electron chi connectivity index (χ4n) is 11.6. The van der Waals surface area contributed by atoms with Gasteiger partial charge in [-0.1, -0.05) is 360 Å². The van der Waals surface area contributed by atoms with Gasteiger partial charge in [-0.3, -0.25) is 9.59 Å². The van der Waals surface area contributed by atoms with Crippen LogP contribution in [0.15, 0.2) is 12.2 Å². The fraction of sp³-hybridized carbons (Fsp3) is 0.944. The number of aliphatic hydroxyl groups excluding tert-OH is 2. The summed E-state index contributed by atoms with van der Waals surface area (Å²) in [6, 6.07) is -0.538. The van der Waals surface area contributed by atoms with Gasteiger partial charge < -0.3 is 20.3 Å². The van der Waals surface area contributed by atoms with E-state index in [1.165, 1.54) is 334 Å². The van der Waals surface area contributed by atoms with Crippen molar-refractivity contribution in [1.82, 2.24) is 5.32 Å². The van der Waals surface area contributed by atoms with Crippen LogP contribution in [-0.2, 0) is 14.3 Å². The standard InChI is InChI=1S/C72H141NO5/c1-3-5-7-9-11-13-15-17-19-36-40-44-48-52-56-60-64-70(75)69(68-74)73-71(76)65-61-57-53-49-45-41-37-34-32-30-28-26-24-22-21-23-25-27-29-31-33-35-39-43-47-51-55-59-63-67-78-72(77)66-62-58-54-50-46-42-38-20-18-16-14-12-10-8-6-4-2/h20,38,69-70,74-75H,3-19,21-37,39-68H2,1-2H3,(H,73,76)/b38-20-. The number of ether oxygens (including phenoxy) is 1. The lowest BCUT2D eigenvalue weighted by Crippen LogP contribution is -2.45. The molecule has 0 rings (SSSR count). The molecule has 0 fully saturated rings. The van der Waals surface area contributed by atoms with Crippen LogP contribution in [0.4, 0.5) is 0 Å². The molecule has 0 aliphatic rings. The number of carbonyl (C=O) groups excluding carboxylic acids is 2. The van der Waals surface area contributed by atoms with Gasteiger partial charge in [0.05, 0.1) is 25.4 Å². The maximum atomic E-state index is 12.5. The molecule has 0 bridgehead atoms. The molecule has 6 heteroatoms. The molecule has 0 aliphatic carbocycles. The maximum absolute atomic E-state index is 12.5. The van der Waals surface area contributed by atoms with Crippen molar-refractivity contribution in [3.05, 3.63) is 12.2 Å². The molecule has 2 atom stereocenters. The van der Waals surface area contributed by atoms with Crippen LogP contribution >= 0.6 is 0 Å². The molecule has 0 saturated heterocycles. The van der Waals surface area contributed by atoms with Gasteiger partial charge in [0, 0.05) is 12.8 Å². The van der Waals surface area contributed by atoms with Crippen molar-refractivity contribution in [3.8, 4) is 0 Å². The number of allylic oxidation sites excluding steroid dienone is 2. The number of nitrogens with one attached hydrogen (secondary N) is 1. The summed E-state index contributed by atoms with van der Waals surface area (Å²) in [5.41, 5.74) is 0. The van der Waals surface area contributed by atoms with Crippen molar-refractivity contribution < 1.29 is 24.5 Å². The minimum atomic E-state index is -0.661. The minimum absolute atomic E-state index is 0.0131. The molecule has 0 aromatic heterocycles. The van der Waals surface area contributed by atoms with Gasteiger partial charge in [0.2, 0.25) is 5.91 Å². The van der Waals surface area contributed by atoms with Gasteiger partial charge in [0.25, 0.3) is 0 Å². The van der Waals surface area contributed by atoms with E-state index in [-0.39, 0.29) is 18.5 Å². The molecule has 1 amide bonds. The number of aliphatic hydroxyl groups is 2. The molecule has 0 saturated carbocycles. The summed E-state index contributed by atoms with van der Waals surface area (Å²) in [5.74, 6) is -0.0146. The summed E-state index contributed by atoms with van der Waals surface area (Å²) >= 11 is 0. The van der Waals surface area contributed by atoms with E-state index in [1.54, 1.807) is 0 Å². The predicted molar refractivity (Wildman–Crippen MR) is 343 cm³/mol. The van der Waals surface area contributed by atoms with E-state index in [1.807, 2.05) is 0 Å². The fourth-order valence-corrected chi connectivity index (χ4v) is 11.6. The number of hydrogen-bond donors (Lipinski definition) is 3. The van der Waals surface area contributed by atoms with Gasteiger partial charge in [-0.2, -0.15) is 0 Å². The minimum Gasteiger partial charge on any atom is -0.466 e.